The van der Waals surface area contributed by atoms with Gasteiger partial charge in [-0.1, -0.05) is 26.0 Å². The average Bonchev–Trinajstić information content (AvgIpc) is 2.88. The highest BCUT2D eigenvalue weighted by Crippen LogP contribution is 2.29. The zero-order valence-electron chi connectivity index (χ0n) is 12.9. The largest absolute Gasteiger partial charge is 0.487 e. The zero-order valence-corrected chi connectivity index (χ0v) is 13.7. The third kappa shape index (κ3) is 4.00. The van der Waals surface area contributed by atoms with Crippen molar-refractivity contribution < 1.29 is 19.1 Å². The minimum atomic E-state index is -0.762. The molecule has 0 fully saturated rings. The number of fused-ring (bicyclic) bond motifs is 1. The highest BCUT2D eigenvalue weighted by atomic mass is 35.5. The number of carbonyl (C=O) groups is 1. The molecule has 6 heteroatoms. The summed E-state index contributed by atoms with van der Waals surface area (Å²) < 4.78 is 11.1. The van der Waals surface area contributed by atoms with Crippen LogP contribution in [0.25, 0.3) is 11.0 Å². The number of furan rings is 1. The van der Waals surface area contributed by atoms with Crippen molar-refractivity contribution in [3.63, 3.8) is 0 Å². The monoisotopic (exact) mass is 327 g/mol. The maximum atomic E-state index is 11.4. The highest BCUT2D eigenvalue weighted by Gasteiger charge is 2.20. The van der Waals surface area contributed by atoms with Gasteiger partial charge in [0, 0.05) is 18.4 Å². The van der Waals surface area contributed by atoms with E-state index >= 15 is 0 Å². The van der Waals surface area contributed by atoms with Crippen molar-refractivity contribution >= 4 is 29.2 Å². The zero-order chi connectivity index (χ0) is 15.6. The standard InChI is InChI=1S/C16H21NO4.ClH/c1-9(2)15(17)12(19)8-20-13-6-4-5-11-7-14(10(3)18)21-16(11)13;/h4-7,9,12,15,19H,8,17H2,1-3H3;1H. The Kier molecular flexibility index (Phi) is 6.41. The van der Waals surface area contributed by atoms with Gasteiger partial charge in [0.25, 0.3) is 0 Å². The van der Waals surface area contributed by atoms with Crippen LogP contribution in [-0.4, -0.2) is 29.6 Å². The number of aliphatic hydroxyl groups excluding tert-OH is 1. The number of ketones is 1. The normalized spacial score (nSPS) is 13.7. The molecule has 0 saturated heterocycles. The van der Waals surface area contributed by atoms with Gasteiger partial charge in [0.1, 0.15) is 12.7 Å². The summed E-state index contributed by atoms with van der Waals surface area (Å²) in [5.41, 5.74) is 6.39. The quantitative estimate of drug-likeness (QED) is 0.797. The van der Waals surface area contributed by atoms with Crippen LogP contribution in [0, 0.1) is 5.92 Å². The Bertz CT molecular complexity index is 638. The smallest absolute Gasteiger partial charge is 0.194 e. The first-order valence-electron chi connectivity index (χ1n) is 7.00. The number of nitrogens with two attached hydrogens (primary N) is 1. The molecule has 0 aliphatic heterocycles. The number of benzene rings is 1. The molecule has 2 atom stereocenters. The van der Waals surface area contributed by atoms with E-state index in [0.717, 1.165) is 5.39 Å². The van der Waals surface area contributed by atoms with Crippen LogP contribution in [0.2, 0.25) is 0 Å². The fourth-order valence-corrected chi connectivity index (χ4v) is 2.05. The Morgan fingerprint density at radius 3 is 2.68 bits per heavy atom. The van der Waals surface area contributed by atoms with Crippen molar-refractivity contribution in [2.45, 2.75) is 32.9 Å². The van der Waals surface area contributed by atoms with E-state index in [9.17, 15) is 9.90 Å². The van der Waals surface area contributed by atoms with Gasteiger partial charge >= 0.3 is 0 Å². The topological polar surface area (TPSA) is 85.7 Å². The molecular formula is C16H22ClNO4. The molecule has 5 nitrogen and oxygen atoms in total. The van der Waals surface area contributed by atoms with Crippen LogP contribution in [0.4, 0.5) is 0 Å². The van der Waals surface area contributed by atoms with E-state index in [-0.39, 0.29) is 36.8 Å². The van der Waals surface area contributed by atoms with Crippen LogP contribution in [0.1, 0.15) is 31.3 Å². The number of aliphatic hydroxyl groups is 1. The SMILES string of the molecule is CC(=O)c1cc2cccc(OCC(O)C(N)C(C)C)c2o1.Cl. The van der Waals surface area contributed by atoms with Gasteiger partial charge in [-0.2, -0.15) is 0 Å². The summed E-state index contributed by atoms with van der Waals surface area (Å²) in [7, 11) is 0. The number of halogens is 1. The van der Waals surface area contributed by atoms with Crippen LogP contribution >= 0.6 is 12.4 Å². The van der Waals surface area contributed by atoms with Gasteiger partial charge in [0.15, 0.2) is 22.9 Å². The van der Waals surface area contributed by atoms with Crippen LogP contribution in [0.3, 0.4) is 0 Å². The number of carbonyl (C=O) groups excluding carboxylic acids is 1. The number of ether oxygens (including phenoxy) is 1. The molecule has 0 radical (unpaired) electrons. The summed E-state index contributed by atoms with van der Waals surface area (Å²) in [6.45, 7) is 5.42. The summed E-state index contributed by atoms with van der Waals surface area (Å²) in [6.07, 6.45) is -0.762. The molecule has 2 unspecified atom stereocenters. The molecule has 1 aromatic heterocycles. The van der Waals surface area contributed by atoms with Crippen LogP contribution in [-0.2, 0) is 0 Å². The van der Waals surface area contributed by atoms with Crippen molar-refractivity contribution in [1.82, 2.24) is 0 Å². The molecule has 0 saturated carbocycles. The first-order chi connectivity index (χ1) is 9.90. The van der Waals surface area contributed by atoms with E-state index in [2.05, 4.69) is 0 Å². The minimum absolute atomic E-state index is 0. The number of rotatable bonds is 6. The van der Waals surface area contributed by atoms with Gasteiger partial charge in [-0.05, 0) is 18.1 Å². The van der Waals surface area contributed by atoms with Gasteiger partial charge in [-0.15, -0.1) is 12.4 Å². The molecule has 0 bridgehead atoms. The molecule has 22 heavy (non-hydrogen) atoms. The van der Waals surface area contributed by atoms with E-state index in [1.54, 1.807) is 12.1 Å². The van der Waals surface area contributed by atoms with Crippen molar-refractivity contribution in [2.24, 2.45) is 11.7 Å². The number of hydrogen-bond acceptors (Lipinski definition) is 5. The van der Waals surface area contributed by atoms with Crippen LogP contribution in [0.5, 0.6) is 5.75 Å². The lowest BCUT2D eigenvalue weighted by Crippen LogP contribution is -2.42. The predicted octanol–water partition coefficient (Wildman–Crippen LogP) is 2.78. The third-order valence-electron chi connectivity index (χ3n) is 3.48. The van der Waals surface area contributed by atoms with Crippen molar-refractivity contribution in [2.75, 3.05) is 6.61 Å². The predicted molar refractivity (Wildman–Crippen MR) is 87.8 cm³/mol. The summed E-state index contributed by atoms with van der Waals surface area (Å²) in [5, 5.41) is 10.8. The summed E-state index contributed by atoms with van der Waals surface area (Å²) in [5.74, 6) is 0.807. The maximum absolute atomic E-state index is 11.4. The molecule has 0 spiro atoms. The van der Waals surface area contributed by atoms with E-state index in [4.69, 9.17) is 14.9 Å². The second kappa shape index (κ2) is 7.63. The van der Waals surface area contributed by atoms with E-state index in [1.165, 1.54) is 6.92 Å². The van der Waals surface area contributed by atoms with Gasteiger partial charge in [-0.25, -0.2) is 0 Å². The van der Waals surface area contributed by atoms with Crippen molar-refractivity contribution in [1.29, 1.82) is 0 Å². The molecule has 0 aliphatic carbocycles. The van der Waals surface area contributed by atoms with Crippen molar-refractivity contribution in [3.05, 3.63) is 30.0 Å². The lowest BCUT2D eigenvalue weighted by atomic mass is 10.0. The first-order valence-corrected chi connectivity index (χ1v) is 7.00. The molecule has 2 aromatic rings. The first kappa shape index (κ1) is 18.5. The fraction of sp³-hybridized carbons (Fsp3) is 0.438. The second-order valence-corrected chi connectivity index (χ2v) is 5.54. The lowest BCUT2D eigenvalue weighted by molar-refractivity contribution is 0.0717. The Morgan fingerprint density at radius 1 is 1.41 bits per heavy atom. The highest BCUT2D eigenvalue weighted by molar-refractivity contribution is 5.97. The van der Waals surface area contributed by atoms with E-state index in [1.807, 2.05) is 26.0 Å². The Labute approximate surface area is 135 Å². The number of hydrogen-bond donors (Lipinski definition) is 2. The molecule has 2 rings (SSSR count). The van der Waals surface area contributed by atoms with Gasteiger partial charge < -0.3 is 20.0 Å². The van der Waals surface area contributed by atoms with Gasteiger partial charge in [-0.3, -0.25) is 4.79 Å². The summed E-state index contributed by atoms with van der Waals surface area (Å²) >= 11 is 0. The molecular weight excluding hydrogens is 306 g/mol. The molecule has 0 aliphatic rings. The van der Waals surface area contributed by atoms with Gasteiger partial charge in [0.05, 0.1) is 0 Å². The Balaban J connectivity index is 0.00000242. The number of Topliss-reactive ketones (excluding diaryl/α,β-unsaturated/α-hetero) is 1. The molecule has 3 N–H and O–H groups in total. The van der Waals surface area contributed by atoms with E-state index in [0.29, 0.717) is 17.1 Å². The Hall–Kier alpha value is -1.56. The maximum Gasteiger partial charge on any atom is 0.194 e. The molecule has 1 aromatic carbocycles. The second-order valence-electron chi connectivity index (χ2n) is 5.54. The Morgan fingerprint density at radius 2 is 2.09 bits per heavy atom. The summed E-state index contributed by atoms with van der Waals surface area (Å²) in [4.78, 5) is 11.4. The average molecular weight is 328 g/mol. The minimum Gasteiger partial charge on any atom is -0.487 e. The van der Waals surface area contributed by atoms with E-state index < -0.39 is 6.10 Å². The molecule has 1 heterocycles. The molecule has 0 amide bonds. The lowest BCUT2D eigenvalue weighted by Gasteiger charge is -2.22. The van der Waals surface area contributed by atoms with Crippen molar-refractivity contribution in [3.8, 4) is 5.75 Å². The van der Waals surface area contributed by atoms with Crippen LogP contribution < -0.4 is 10.5 Å². The third-order valence-corrected chi connectivity index (χ3v) is 3.48. The molecule has 122 valence electrons. The summed E-state index contributed by atoms with van der Waals surface area (Å²) in [6, 6.07) is 6.72. The number of para-hydroxylation sites is 1. The fourth-order valence-electron chi connectivity index (χ4n) is 2.05. The van der Waals surface area contributed by atoms with Gasteiger partial charge in [0.2, 0.25) is 0 Å². The van der Waals surface area contributed by atoms with Crippen LogP contribution in [0.15, 0.2) is 28.7 Å².